The Morgan fingerprint density at radius 2 is 1.94 bits per heavy atom. The van der Waals surface area contributed by atoms with Crippen LogP contribution in [0.5, 0.6) is 0 Å². The third-order valence-electron chi connectivity index (χ3n) is 1.93. The maximum atomic E-state index is 11.4. The van der Waals surface area contributed by atoms with Gasteiger partial charge in [0.25, 0.3) is 0 Å². The molecule has 2 amide bonds. The molecule has 0 aliphatic carbocycles. The molecule has 1 rings (SSSR count). The van der Waals surface area contributed by atoms with Crippen LogP contribution in [0.2, 0.25) is 0 Å². The maximum absolute atomic E-state index is 11.4. The summed E-state index contributed by atoms with van der Waals surface area (Å²) in [5.41, 5.74) is 0.399. The molecule has 7 heteroatoms. The second-order valence-corrected chi connectivity index (χ2v) is 4.41. The lowest BCUT2D eigenvalue weighted by Crippen LogP contribution is -2.31. The molecule has 1 aromatic rings. The quantitative estimate of drug-likeness (QED) is 0.778. The molecule has 0 heterocycles. The smallest absolute Gasteiger partial charge is 0.335 e. The topological polar surface area (TPSA) is 95.5 Å². The standard InChI is InChI=1S/C11H11BrN2O4/c1-6(15)13-5-10(16)14-9-3-7(11(17)18)2-8(12)4-9/h2-4H,5H2,1H3,(H,13,15)(H,14,16)(H,17,18). The number of carbonyl (C=O) groups excluding carboxylic acids is 2. The van der Waals surface area contributed by atoms with Crippen molar-refractivity contribution in [2.45, 2.75) is 6.92 Å². The van der Waals surface area contributed by atoms with Gasteiger partial charge < -0.3 is 15.7 Å². The molecule has 0 saturated heterocycles. The highest BCUT2D eigenvalue weighted by atomic mass is 79.9. The van der Waals surface area contributed by atoms with Gasteiger partial charge in [-0.15, -0.1) is 0 Å². The number of carbonyl (C=O) groups is 3. The van der Waals surface area contributed by atoms with Crippen LogP contribution in [0.15, 0.2) is 22.7 Å². The molecule has 0 aliphatic heterocycles. The number of hydrogen-bond donors (Lipinski definition) is 3. The number of amides is 2. The molecule has 0 spiro atoms. The van der Waals surface area contributed by atoms with Crippen LogP contribution in [-0.2, 0) is 9.59 Å². The number of hydrogen-bond acceptors (Lipinski definition) is 3. The summed E-state index contributed by atoms with van der Waals surface area (Å²) >= 11 is 3.15. The number of rotatable bonds is 4. The second kappa shape index (κ2) is 6.15. The average molecular weight is 315 g/mol. The Morgan fingerprint density at radius 3 is 2.50 bits per heavy atom. The van der Waals surface area contributed by atoms with E-state index in [1.165, 1.54) is 19.1 Å². The molecular formula is C11H11BrN2O4. The number of halogens is 1. The van der Waals surface area contributed by atoms with Crippen molar-refractivity contribution in [2.24, 2.45) is 0 Å². The lowest BCUT2D eigenvalue weighted by molar-refractivity contribution is -0.122. The minimum absolute atomic E-state index is 0.0548. The van der Waals surface area contributed by atoms with Crippen molar-refractivity contribution in [3.8, 4) is 0 Å². The van der Waals surface area contributed by atoms with Gasteiger partial charge in [0.05, 0.1) is 12.1 Å². The Balaban J connectivity index is 2.75. The zero-order valence-corrected chi connectivity index (χ0v) is 11.1. The lowest BCUT2D eigenvalue weighted by atomic mass is 10.2. The molecule has 18 heavy (non-hydrogen) atoms. The van der Waals surface area contributed by atoms with Gasteiger partial charge in [-0.05, 0) is 18.2 Å². The molecule has 0 saturated carbocycles. The highest BCUT2D eigenvalue weighted by Gasteiger charge is 2.08. The van der Waals surface area contributed by atoms with Crippen molar-refractivity contribution < 1.29 is 19.5 Å². The van der Waals surface area contributed by atoms with Crippen LogP contribution >= 0.6 is 15.9 Å². The van der Waals surface area contributed by atoms with E-state index < -0.39 is 11.9 Å². The SMILES string of the molecule is CC(=O)NCC(=O)Nc1cc(Br)cc(C(=O)O)c1. The Kier molecular flexibility index (Phi) is 4.85. The molecule has 6 nitrogen and oxygen atoms in total. The van der Waals surface area contributed by atoms with Crippen molar-refractivity contribution in [3.05, 3.63) is 28.2 Å². The molecule has 0 aliphatic rings. The monoisotopic (exact) mass is 314 g/mol. The summed E-state index contributed by atoms with van der Waals surface area (Å²) in [5.74, 6) is -1.83. The molecule has 0 radical (unpaired) electrons. The molecule has 0 unspecified atom stereocenters. The molecule has 96 valence electrons. The molecule has 0 aromatic heterocycles. The zero-order chi connectivity index (χ0) is 13.7. The van der Waals surface area contributed by atoms with E-state index in [1.54, 1.807) is 6.07 Å². The van der Waals surface area contributed by atoms with Crippen molar-refractivity contribution in [1.82, 2.24) is 5.32 Å². The van der Waals surface area contributed by atoms with E-state index in [4.69, 9.17) is 5.11 Å². The first-order valence-corrected chi connectivity index (χ1v) is 5.76. The highest BCUT2D eigenvalue weighted by Crippen LogP contribution is 2.19. The molecular weight excluding hydrogens is 304 g/mol. The number of nitrogens with one attached hydrogen (secondary N) is 2. The van der Waals surface area contributed by atoms with Gasteiger partial charge in [-0.3, -0.25) is 9.59 Å². The number of carboxylic acid groups (broad SMARTS) is 1. The van der Waals surface area contributed by atoms with Crippen molar-refractivity contribution in [3.63, 3.8) is 0 Å². The van der Waals surface area contributed by atoms with Crippen molar-refractivity contribution in [1.29, 1.82) is 0 Å². The first-order valence-electron chi connectivity index (χ1n) is 4.96. The first-order chi connectivity index (χ1) is 8.38. The third-order valence-corrected chi connectivity index (χ3v) is 2.38. The van der Waals surface area contributed by atoms with E-state index in [-0.39, 0.29) is 18.0 Å². The first kappa shape index (κ1) is 14.2. The number of aromatic carboxylic acids is 1. The van der Waals surface area contributed by atoms with Gasteiger partial charge in [-0.1, -0.05) is 15.9 Å². The van der Waals surface area contributed by atoms with Gasteiger partial charge in [-0.25, -0.2) is 4.79 Å². The van der Waals surface area contributed by atoms with Crippen LogP contribution in [0.3, 0.4) is 0 Å². The summed E-state index contributed by atoms with van der Waals surface area (Å²) in [4.78, 5) is 32.9. The van der Waals surface area contributed by atoms with Crippen LogP contribution in [0.4, 0.5) is 5.69 Å². The Labute approximate surface area is 112 Å². The summed E-state index contributed by atoms with van der Waals surface area (Å²) in [6.45, 7) is 1.14. The van der Waals surface area contributed by atoms with Gasteiger partial charge in [0.1, 0.15) is 0 Å². The molecule has 1 aromatic carbocycles. The Morgan fingerprint density at radius 1 is 1.28 bits per heavy atom. The number of benzene rings is 1. The van der Waals surface area contributed by atoms with E-state index in [1.807, 2.05) is 0 Å². The second-order valence-electron chi connectivity index (χ2n) is 3.49. The van der Waals surface area contributed by atoms with E-state index in [2.05, 4.69) is 26.6 Å². The largest absolute Gasteiger partial charge is 0.478 e. The van der Waals surface area contributed by atoms with E-state index in [0.29, 0.717) is 10.2 Å². The summed E-state index contributed by atoms with van der Waals surface area (Å²) in [6, 6.07) is 4.32. The van der Waals surface area contributed by atoms with Crippen LogP contribution < -0.4 is 10.6 Å². The van der Waals surface area contributed by atoms with E-state index >= 15 is 0 Å². The van der Waals surface area contributed by atoms with Gasteiger partial charge in [-0.2, -0.15) is 0 Å². The predicted octanol–water partition coefficient (Wildman–Crippen LogP) is 1.22. The fourth-order valence-electron chi connectivity index (χ4n) is 1.20. The number of carboxylic acids is 1. The number of anilines is 1. The fourth-order valence-corrected chi connectivity index (χ4v) is 1.69. The van der Waals surface area contributed by atoms with Crippen molar-refractivity contribution >= 4 is 39.4 Å². The van der Waals surface area contributed by atoms with Crippen LogP contribution in [-0.4, -0.2) is 29.4 Å². The molecule has 0 fully saturated rings. The summed E-state index contributed by atoms with van der Waals surface area (Å²) in [5, 5.41) is 13.7. The minimum atomic E-state index is -1.09. The normalized spacial score (nSPS) is 9.67. The summed E-state index contributed by atoms with van der Waals surface area (Å²) in [7, 11) is 0. The Bertz CT molecular complexity index is 502. The fraction of sp³-hybridized carbons (Fsp3) is 0.182. The lowest BCUT2D eigenvalue weighted by Gasteiger charge is -2.07. The van der Waals surface area contributed by atoms with Crippen LogP contribution in [0.1, 0.15) is 17.3 Å². The average Bonchev–Trinajstić information content (AvgIpc) is 2.25. The van der Waals surface area contributed by atoms with Gasteiger partial charge in [0.2, 0.25) is 11.8 Å². The minimum Gasteiger partial charge on any atom is -0.478 e. The highest BCUT2D eigenvalue weighted by molar-refractivity contribution is 9.10. The van der Waals surface area contributed by atoms with Gasteiger partial charge in [0, 0.05) is 17.1 Å². The maximum Gasteiger partial charge on any atom is 0.335 e. The molecule has 0 bridgehead atoms. The van der Waals surface area contributed by atoms with E-state index in [0.717, 1.165) is 0 Å². The summed E-state index contributed by atoms with van der Waals surface area (Å²) in [6.07, 6.45) is 0. The third kappa shape index (κ3) is 4.54. The summed E-state index contributed by atoms with van der Waals surface area (Å²) < 4.78 is 0.539. The van der Waals surface area contributed by atoms with Gasteiger partial charge >= 0.3 is 5.97 Å². The van der Waals surface area contributed by atoms with Crippen LogP contribution in [0, 0.1) is 0 Å². The van der Waals surface area contributed by atoms with E-state index in [9.17, 15) is 14.4 Å². The Hall–Kier alpha value is -1.89. The van der Waals surface area contributed by atoms with Crippen molar-refractivity contribution in [2.75, 3.05) is 11.9 Å². The van der Waals surface area contributed by atoms with Gasteiger partial charge in [0.15, 0.2) is 0 Å². The molecule has 0 atom stereocenters. The van der Waals surface area contributed by atoms with Crippen LogP contribution in [0.25, 0.3) is 0 Å². The predicted molar refractivity (Wildman–Crippen MR) is 68.4 cm³/mol. The zero-order valence-electron chi connectivity index (χ0n) is 9.49. The molecule has 3 N–H and O–H groups in total.